The molecule has 0 aliphatic rings. The van der Waals surface area contributed by atoms with Crippen LogP contribution in [0, 0.1) is 6.07 Å². The van der Waals surface area contributed by atoms with Crippen LogP contribution in [0.2, 0.25) is 0 Å². The lowest BCUT2D eigenvalue weighted by molar-refractivity contribution is 1.60. The molecular formula is C12H10N. The van der Waals surface area contributed by atoms with Crippen LogP contribution >= 0.6 is 0 Å². The van der Waals surface area contributed by atoms with Crippen LogP contribution in [0.25, 0.3) is 11.1 Å². The number of nitrogen functional groups attached to an aromatic ring is 1. The zero-order valence-electron chi connectivity index (χ0n) is 7.20. The first kappa shape index (κ1) is 7.87. The minimum absolute atomic E-state index is 0.772. The Morgan fingerprint density at radius 3 is 2.38 bits per heavy atom. The van der Waals surface area contributed by atoms with Crippen molar-refractivity contribution in [3.8, 4) is 11.1 Å². The van der Waals surface area contributed by atoms with E-state index in [0.29, 0.717) is 0 Å². The highest BCUT2D eigenvalue weighted by molar-refractivity contribution is 5.75. The molecule has 0 aliphatic heterocycles. The Bertz CT molecular complexity index is 393. The molecule has 2 aromatic carbocycles. The fraction of sp³-hybridized carbons (Fsp3) is 0. The van der Waals surface area contributed by atoms with Gasteiger partial charge >= 0.3 is 0 Å². The molecule has 0 aromatic heterocycles. The topological polar surface area (TPSA) is 26.0 Å². The minimum atomic E-state index is 0.772. The average molecular weight is 168 g/mol. The maximum absolute atomic E-state index is 5.82. The lowest BCUT2D eigenvalue weighted by Gasteiger charge is -2.03. The second-order valence-electron chi connectivity index (χ2n) is 2.87. The summed E-state index contributed by atoms with van der Waals surface area (Å²) in [7, 11) is 0. The van der Waals surface area contributed by atoms with E-state index >= 15 is 0 Å². The summed E-state index contributed by atoms with van der Waals surface area (Å²) in [5.41, 5.74) is 8.68. The van der Waals surface area contributed by atoms with Gasteiger partial charge in [0, 0.05) is 11.3 Å². The highest BCUT2D eigenvalue weighted by Gasteiger charge is 1.99. The molecule has 0 heterocycles. The Morgan fingerprint density at radius 2 is 1.69 bits per heavy atom. The van der Waals surface area contributed by atoms with Gasteiger partial charge in [0.2, 0.25) is 0 Å². The van der Waals surface area contributed by atoms with Crippen LogP contribution < -0.4 is 5.73 Å². The minimum Gasteiger partial charge on any atom is -0.398 e. The summed E-state index contributed by atoms with van der Waals surface area (Å²) >= 11 is 0. The molecule has 2 N–H and O–H groups in total. The van der Waals surface area contributed by atoms with E-state index < -0.39 is 0 Å². The van der Waals surface area contributed by atoms with Crippen LogP contribution in [0.3, 0.4) is 0 Å². The van der Waals surface area contributed by atoms with Gasteiger partial charge in [-0.15, -0.1) is 0 Å². The summed E-state index contributed by atoms with van der Waals surface area (Å²) in [5.74, 6) is 0. The molecule has 0 spiro atoms. The predicted molar refractivity (Wildman–Crippen MR) is 55.1 cm³/mol. The van der Waals surface area contributed by atoms with Gasteiger partial charge in [-0.25, -0.2) is 0 Å². The second kappa shape index (κ2) is 3.31. The summed E-state index contributed by atoms with van der Waals surface area (Å²) in [6, 6.07) is 18.8. The van der Waals surface area contributed by atoms with Crippen molar-refractivity contribution in [3.05, 3.63) is 54.6 Å². The van der Waals surface area contributed by atoms with Crippen LogP contribution in [0.5, 0.6) is 0 Å². The number of benzene rings is 2. The predicted octanol–water partition coefficient (Wildman–Crippen LogP) is 2.74. The molecule has 0 aliphatic carbocycles. The van der Waals surface area contributed by atoms with Crippen molar-refractivity contribution in [2.24, 2.45) is 0 Å². The summed E-state index contributed by atoms with van der Waals surface area (Å²) in [6.07, 6.45) is 0. The van der Waals surface area contributed by atoms with Gasteiger partial charge in [0.15, 0.2) is 0 Å². The Balaban J connectivity index is 2.54. The van der Waals surface area contributed by atoms with Gasteiger partial charge in [0.05, 0.1) is 0 Å². The van der Waals surface area contributed by atoms with E-state index in [4.69, 9.17) is 5.73 Å². The van der Waals surface area contributed by atoms with E-state index in [-0.39, 0.29) is 0 Å². The van der Waals surface area contributed by atoms with Crippen LogP contribution in [0.15, 0.2) is 48.5 Å². The molecule has 2 aromatic rings. The molecule has 0 saturated heterocycles. The van der Waals surface area contributed by atoms with E-state index in [1.54, 1.807) is 0 Å². The lowest BCUT2D eigenvalue weighted by Crippen LogP contribution is -1.88. The van der Waals surface area contributed by atoms with Gasteiger partial charge in [0.25, 0.3) is 0 Å². The number of rotatable bonds is 1. The van der Waals surface area contributed by atoms with E-state index in [0.717, 1.165) is 16.8 Å². The van der Waals surface area contributed by atoms with Crippen molar-refractivity contribution in [3.63, 3.8) is 0 Å². The SMILES string of the molecule is Nc1ccc[c]c1-c1ccccc1. The first-order chi connectivity index (χ1) is 6.38. The summed E-state index contributed by atoms with van der Waals surface area (Å²) in [5, 5.41) is 0. The summed E-state index contributed by atoms with van der Waals surface area (Å²) in [4.78, 5) is 0. The first-order valence-corrected chi connectivity index (χ1v) is 4.19. The largest absolute Gasteiger partial charge is 0.398 e. The normalized spacial score (nSPS) is 9.85. The highest BCUT2D eigenvalue weighted by Crippen LogP contribution is 2.23. The fourth-order valence-corrected chi connectivity index (χ4v) is 1.30. The monoisotopic (exact) mass is 168 g/mol. The standard InChI is InChI=1S/C12H10N/c13-12-9-5-4-8-11(12)10-6-2-1-3-7-10/h1-7,9H,13H2. The van der Waals surface area contributed by atoms with Crippen LogP contribution in [-0.4, -0.2) is 0 Å². The zero-order chi connectivity index (χ0) is 9.10. The molecule has 1 heteroatoms. The van der Waals surface area contributed by atoms with Gasteiger partial charge in [-0.1, -0.05) is 42.5 Å². The smallest absolute Gasteiger partial charge is 0.0400 e. The zero-order valence-corrected chi connectivity index (χ0v) is 7.20. The molecule has 0 atom stereocenters. The molecule has 0 amide bonds. The molecule has 1 radical (unpaired) electrons. The Morgan fingerprint density at radius 1 is 0.923 bits per heavy atom. The van der Waals surface area contributed by atoms with Crippen molar-refractivity contribution >= 4 is 5.69 Å². The molecule has 63 valence electrons. The molecule has 0 unspecified atom stereocenters. The molecule has 13 heavy (non-hydrogen) atoms. The molecule has 2 rings (SSSR count). The van der Waals surface area contributed by atoms with Crippen LogP contribution in [0.1, 0.15) is 0 Å². The van der Waals surface area contributed by atoms with E-state index in [1.165, 1.54) is 0 Å². The van der Waals surface area contributed by atoms with Gasteiger partial charge in [-0.3, -0.25) is 0 Å². The average Bonchev–Trinajstić information content (AvgIpc) is 2.20. The Hall–Kier alpha value is -1.76. The number of hydrogen-bond donors (Lipinski definition) is 1. The van der Waals surface area contributed by atoms with Crippen LogP contribution in [0.4, 0.5) is 5.69 Å². The Labute approximate surface area is 77.8 Å². The van der Waals surface area contributed by atoms with Crippen molar-refractivity contribution in [2.45, 2.75) is 0 Å². The number of nitrogens with two attached hydrogens (primary N) is 1. The second-order valence-corrected chi connectivity index (χ2v) is 2.87. The van der Waals surface area contributed by atoms with Crippen molar-refractivity contribution in [2.75, 3.05) is 5.73 Å². The maximum Gasteiger partial charge on any atom is 0.0400 e. The molecule has 1 nitrogen and oxygen atoms in total. The number of hydrogen-bond acceptors (Lipinski definition) is 1. The third kappa shape index (κ3) is 1.54. The highest BCUT2D eigenvalue weighted by atomic mass is 14.6. The van der Waals surface area contributed by atoms with E-state index in [1.807, 2.05) is 48.5 Å². The van der Waals surface area contributed by atoms with Gasteiger partial charge in [0.1, 0.15) is 0 Å². The summed E-state index contributed by atoms with van der Waals surface area (Å²) < 4.78 is 0. The van der Waals surface area contributed by atoms with Crippen molar-refractivity contribution < 1.29 is 0 Å². The first-order valence-electron chi connectivity index (χ1n) is 4.19. The molecular weight excluding hydrogens is 158 g/mol. The van der Waals surface area contributed by atoms with Crippen molar-refractivity contribution in [1.82, 2.24) is 0 Å². The third-order valence-corrected chi connectivity index (χ3v) is 1.95. The van der Waals surface area contributed by atoms with Gasteiger partial charge in [-0.2, -0.15) is 0 Å². The van der Waals surface area contributed by atoms with Gasteiger partial charge < -0.3 is 5.73 Å². The Kier molecular flexibility index (Phi) is 2.01. The molecule has 0 bridgehead atoms. The molecule has 0 saturated carbocycles. The quantitative estimate of drug-likeness (QED) is 0.651. The van der Waals surface area contributed by atoms with Gasteiger partial charge in [-0.05, 0) is 17.7 Å². The van der Waals surface area contributed by atoms with E-state index in [9.17, 15) is 0 Å². The summed E-state index contributed by atoms with van der Waals surface area (Å²) in [6.45, 7) is 0. The van der Waals surface area contributed by atoms with Crippen LogP contribution in [-0.2, 0) is 0 Å². The third-order valence-electron chi connectivity index (χ3n) is 1.95. The molecule has 0 fully saturated rings. The van der Waals surface area contributed by atoms with E-state index in [2.05, 4.69) is 6.07 Å². The maximum atomic E-state index is 5.82. The fourth-order valence-electron chi connectivity index (χ4n) is 1.30. The number of anilines is 1. The van der Waals surface area contributed by atoms with Crippen molar-refractivity contribution in [1.29, 1.82) is 0 Å². The lowest BCUT2D eigenvalue weighted by atomic mass is 10.0.